The first-order valence-corrected chi connectivity index (χ1v) is 33.1. The number of carbonyl (C=O) groups is 1. The van der Waals surface area contributed by atoms with Gasteiger partial charge in [0.25, 0.3) is 0 Å². The molecular weight excluding hydrogens is 1320 g/mol. The van der Waals surface area contributed by atoms with Gasteiger partial charge in [0.05, 0.1) is 57.7 Å². The molecule has 0 unspecified atom stereocenters. The number of rotatable bonds is 19. The second-order valence-corrected chi connectivity index (χ2v) is 24.3. The Kier molecular flexibility index (Phi) is 34.9. The Bertz CT molecular complexity index is 3740. The zero-order valence-electron chi connectivity index (χ0n) is 53.1. The van der Waals surface area contributed by atoms with E-state index in [0.29, 0.717) is 42.7 Å². The number of aryl methyl sites for hydroxylation is 7. The number of nitrogens with two attached hydrogens (primary N) is 2. The Hall–Kier alpha value is -8.03. The van der Waals surface area contributed by atoms with Crippen LogP contribution in [0.3, 0.4) is 0 Å². The van der Waals surface area contributed by atoms with Crippen LogP contribution >= 0.6 is 38.5 Å². The summed E-state index contributed by atoms with van der Waals surface area (Å²) in [6, 6.07) is 63.0. The Morgan fingerprint density at radius 3 is 1.32 bits per heavy atom. The molecule has 0 bridgehead atoms. The van der Waals surface area contributed by atoms with Gasteiger partial charge in [-0.05, 0) is 148 Å². The zero-order valence-corrected chi connectivity index (χ0v) is 56.8. The fraction of sp³-hybridized carbons (Fsp3) is 0.307. The molecule has 11 rings (SSSR count). The molecule has 0 aliphatic carbocycles. The fourth-order valence-corrected chi connectivity index (χ4v) is 9.18. The van der Waals surface area contributed by atoms with E-state index in [1.54, 1.807) is 62.8 Å². The van der Waals surface area contributed by atoms with E-state index in [1.807, 2.05) is 66.7 Å². The molecule has 11 aromatic rings. The topological polar surface area (TPSA) is 223 Å². The molecule has 3 heterocycles. The molecule has 0 aliphatic rings. The van der Waals surface area contributed by atoms with Crippen molar-refractivity contribution in [2.75, 3.05) is 35.4 Å². The molecule has 16 heteroatoms. The molecule has 9 N–H and O–H groups in total. The minimum Gasteiger partial charge on any atom is -0.508 e. The fourth-order valence-electron chi connectivity index (χ4n) is 9.18. The number of imidazole rings is 3. The summed E-state index contributed by atoms with van der Waals surface area (Å²) in [5.74, 6) is 4.29. The molecule has 14 nitrogen and oxygen atoms in total. The van der Waals surface area contributed by atoms with Gasteiger partial charge in [0.2, 0.25) is 0 Å². The molecule has 0 radical (unpaired) electrons. The number of methoxy groups -OCH3 is 2. The Morgan fingerprint density at radius 1 is 0.527 bits per heavy atom. The summed E-state index contributed by atoms with van der Waals surface area (Å²) in [6.45, 7) is 13.3. The molecule has 91 heavy (non-hydrogen) atoms. The zero-order chi connectivity index (χ0) is 65.0. The number of nitrogens with zero attached hydrogens (tertiary/aromatic N) is 4. The van der Waals surface area contributed by atoms with E-state index < -0.39 is 5.97 Å². The quantitative estimate of drug-likeness (QED) is 0.0229. The Balaban J connectivity index is 0.000000242. The van der Waals surface area contributed by atoms with E-state index in [1.165, 1.54) is 38.0 Å². The van der Waals surface area contributed by atoms with E-state index in [4.69, 9.17) is 36.1 Å². The number of benzene rings is 8. The molecule has 0 amide bonds. The van der Waals surface area contributed by atoms with Crippen molar-refractivity contribution in [3.8, 4) is 11.5 Å². The normalized spacial score (nSPS) is 10.4. The predicted octanol–water partition coefficient (Wildman–Crippen LogP) is 17.5. The van der Waals surface area contributed by atoms with Gasteiger partial charge in [-0.1, -0.05) is 202 Å². The summed E-state index contributed by atoms with van der Waals surface area (Å²) in [7, 11) is 3.46. The lowest BCUT2D eigenvalue weighted by molar-refractivity contribution is -0.136. The van der Waals surface area contributed by atoms with Crippen LogP contribution in [0.2, 0.25) is 0 Å². The second-order valence-electron chi connectivity index (χ2n) is 22.1. The lowest BCUT2D eigenvalue weighted by Crippen LogP contribution is -2.09. The van der Waals surface area contributed by atoms with Gasteiger partial charge in [0, 0.05) is 51.8 Å². The first-order chi connectivity index (χ1) is 43.5. The maximum absolute atomic E-state index is 10.2. The minimum atomic E-state index is -0.821. The maximum atomic E-state index is 10.2. The molecule has 0 fully saturated rings. The molecule has 0 spiro atoms. The summed E-state index contributed by atoms with van der Waals surface area (Å²) >= 11 is 5.60. The number of aromatic hydroxyl groups is 2. The number of ether oxygens (including phenoxy) is 2. The number of nitrogen functional groups attached to an aromatic ring is 2. The number of alkyl halides is 2. The number of nitrogens with one attached hydrogen (secondary N) is 2. The number of carboxylic acids is 1. The monoisotopic (exact) mass is 1410 g/mol. The molecule has 3 aromatic heterocycles. The molecule has 484 valence electrons. The number of halogens is 2. The highest BCUT2D eigenvalue weighted by molar-refractivity contribution is 14.1. The van der Waals surface area contributed by atoms with Gasteiger partial charge in [-0.15, -0.1) is 0 Å². The number of para-hydroxylation sites is 8. The van der Waals surface area contributed by atoms with Crippen molar-refractivity contribution in [3.05, 3.63) is 245 Å². The Labute approximate surface area is 561 Å². The van der Waals surface area contributed by atoms with Crippen LogP contribution in [0.1, 0.15) is 99.3 Å². The third-order valence-corrected chi connectivity index (χ3v) is 14.7. The van der Waals surface area contributed by atoms with Crippen LogP contribution in [-0.4, -0.2) is 74.8 Å². The van der Waals surface area contributed by atoms with Gasteiger partial charge in [-0.3, -0.25) is 4.79 Å². The first kappa shape index (κ1) is 75.4. The van der Waals surface area contributed by atoms with Crippen LogP contribution in [0.25, 0.3) is 33.1 Å². The Morgan fingerprint density at radius 2 is 0.912 bits per heavy atom. The van der Waals surface area contributed by atoms with Crippen LogP contribution in [0.15, 0.2) is 194 Å². The predicted molar refractivity (Wildman–Crippen MR) is 391 cm³/mol. The standard InChI is InChI=1S/C21H26N2O.C17H18N2O.C15H14N2O.C9H10O3.C6H8N2.C4H9Br.C2H5I.CH4/c1-16(2)14-23-20-10-5-4-9-19(20)22-21(23)12-11-17-7-6-8-18(13-17)15-24-3;1-20-12-14-6-4-5-13(11-14)9-10-17-18-15-7-2-3-8-16(15)19-17;18-12-5-3-4-11(10-12)8-9-15-16-13-6-1-2-7-14(13)17-15;10-8-3-1-2-7(6-8)4-5-9(11)12;7-5-3-1-2-4-6(5)8;1-4(2)3-5;1-2-3;/h4-10,13,16H,11-12,14-15H2,1-3H3;2-8,11H,9-10,12H2,1H3,(H,18,19);1-7,10,18H,8-9H2,(H,16,17);1-3,6,10H,4-5H2,(H,11,12);1-4H,7-8H2;4H,3H2,1-2H3;2H2,1H3;1H4. The van der Waals surface area contributed by atoms with Crippen molar-refractivity contribution >= 4 is 89.0 Å². The molecular formula is C75H94BrIN8O6. The molecule has 0 saturated heterocycles. The van der Waals surface area contributed by atoms with Crippen molar-refractivity contribution < 1.29 is 29.6 Å². The van der Waals surface area contributed by atoms with E-state index in [2.05, 4.69) is 177 Å². The number of anilines is 2. The van der Waals surface area contributed by atoms with Crippen LogP contribution < -0.4 is 11.5 Å². The SMILES string of the molecule is C.CC(C)CBr.CCI.COCc1cccc(CCc2nc3ccccc3[nH]2)c1.COCc1cccc(CCc2nc3ccccc3n2CC(C)C)c1.Nc1ccccc1N.O=C(O)CCc1cccc(O)c1.Oc1cccc(CCc2nc3ccccc3[nH]2)c1. The highest BCUT2D eigenvalue weighted by Gasteiger charge is 2.12. The molecule has 0 saturated carbocycles. The number of phenolic OH excluding ortho intramolecular Hbond substituents is 2. The van der Waals surface area contributed by atoms with Gasteiger partial charge in [0.1, 0.15) is 29.0 Å². The first-order valence-electron chi connectivity index (χ1n) is 30.4. The van der Waals surface area contributed by atoms with Crippen molar-refractivity contribution in [2.24, 2.45) is 11.8 Å². The maximum Gasteiger partial charge on any atom is 0.303 e. The number of aromatic amines is 2. The molecule has 0 aliphatic heterocycles. The number of carboxylic acid groups (broad SMARTS) is 1. The van der Waals surface area contributed by atoms with Gasteiger partial charge in [-0.2, -0.15) is 0 Å². The lowest BCUT2D eigenvalue weighted by Gasteiger charge is -2.12. The lowest BCUT2D eigenvalue weighted by atomic mass is 10.1. The van der Waals surface area contributed by atoms with Crippen molar-refractivity contribution in [2.45, 2.75) is 113 Å². The van der Waals surface area contributed by atoms with Crippen LogP contribution in [0.4, 0.5) is 11.4 Å². The van der Waals surface area contributed by atoms with E-state index >= 15 is 0 Å². The van der Waals surface area contributed by atoms with Gasteiger partial charge >= 0.3 is 5.97 Å². The minimum absolute atomic E-state index is 0. The number of aromatic nitrogens is 6. The summed E-state index contributed by atoms with van der Waals surface area (Å²) in [5.41, 5.74) is 25.7. The summed E-state index contributed by atoms with van der Waals surface area (Å²) in [4.78, 5) is 30.9. The third-order valence-electron chi connectivity index (χ3n) is 13.5. The van der Waals surface area contributed by atoms with Gasteiger partial charge in [0.15, 0.2) is 0 Å². The number of H-pyrrole nitrogens is 2. The molecule has 8 aromatic carbocycles. The second kappa shape index (κ2) is 42.1. The highest BCUT2D eigenvalue weighted by Crippen LogP contribution is 2.21. The summed E-state index contributed by atoms with van der Waals surface area (Å²) in [6.07, 6.45) is 6.14. The van der Waals surface area contributed by atoms with Crippen molar-refractivity contribution in [1.29, 1.82) is 0 Å². The average molecular weight is 1410 g/mol. The average Bonchev–Trinajstić information content (AvgIpc) is 1.82. The number of fused-ring (bicyclic) bond motifs is 3. The molecule has 0 atom stereocenters. The largest absolute Gasteiger partial charge is 0.508 e. The number of phenols is 2. The van der Waals surface area contributed by atoms with Crippen LogP contribution in [0.5, 0.6) is 11.5 Å². The smallest absolute Gasteiger partial charge is 0.303 e. The highest BCUT2D eigenvalue weighted by atomic mass is 127. The van der Waals surface area contributed by atoms with Gasteiger partial charge in [-0.25, -0.2) is 15.0 Å². The number of aliphatic carboxylic acids is 1. The number of hydrogen-bond acceptors (Lipinski definition) is 10. The van der Waals surface area contributed by atoms with E-state index in [0.717, 1.165) is 107 Å². The number of hydrogen-bond donors (Lipinski definition) is 7. The van der Waals surface area contributed by atoms with Gasteiger partial charge < -0.3 is 50.8 Å². The summed E-state index contributed by atoms with van der Waals surface area (Å²) < 4.78 is 14.0. The van der Waals surface area contributed by atoms with Crippen molar-refractivity contribution in [3.63, 3.8) is 0 Å². The van der Waals surface area contributed by atoms with Crippen LogP contribution in [-0.2, 0) is 79.0 Å². The van der Waals surface area contributed by atoms with Crippen LogP contribution in [0, 0.1) is 11.8 Å². The summed E-state index contributed by atoms with van der Waals surface area (Å²) in [5, 5.41) is 27.9. The van der Waals surface area contributed by atoms with E-state index in [-0.39, 0.29) is 19.6 Å². The third kappa shape index (κ3) is 28.4. The van der Waals surface area contributed by atoms with E-state index in [9.17, 15) is 9.90 Å². The van der Waals surface area contributed by atoms with Crippen molar-refractivity contribution in [1.82, 2.24) is 29.5 Å².